The van der Waals surface area contributed by atoms with E-state index in [1.807, 2.05) is 55.4 Å². The summed E-state index contributed by atoms with van der Waals surface area (Å²) in [6.45, 7) is 3.46. The Labute approximate surface area is 164 Å². The van der Waals surface area contributed by atoms with Crippen molar-refractivity contribution in [3.63, 3.8) is 0 Å². The first-order valence-corrected chi connectivity index (χ1v) is 9.53. The van der Waals surface area contributed by atoms with Gasteiger partial charge >= 0.3 is 6.03 Å². The Balaban J connectivity index is 1.44. The van der Waals surface area contributed by atoms with Crippen molar-refractivity contribution in [3.05, 3.63) is 60.3 Å². The summed E-state index contributed by atoms with van der Waals surface area (Å²) in [5.74, 6) is 1.09. The second-order valence-corrected chi connectivity index (χ2v) is 7.18. The fourth-order valence-corrected chi connectivity index (χ4v) is 3.79. The van der Waals surface area contributed by atoms with E-state index < -0.39 is 0 Å². The van der Waals surface area contributed by atoms with E-state index in [2.05, 4.69) is 20.4 Å². The van der Waals surface area contributed by atoms with Crippen LogP contribution in [0.15, 0.2) is 49.1 Å². The van der Waals surface area contributed by atoms with Crippen molar-refractivity contribution in [1.29, 1.82) is 0 Å². The van der Waals surface area contributed by atoms with Crippen molar-refractivity contribution in [2.24, 2.45) is 7.05 Å². The van der Waals surface area contributed by atoms with Crippen LogP contribution in [0.1, 0.15) is 30.0 Å². The van der Waals surface area contributed by atoms with Crippen LogP contribution in [-0.4, -0.2) is 43.8 Å². The van der Waals surface area contributed by atoms with Gasteiger partial charge in [-0.15, -0.1) is 0 Å². The number of urea groups is 1. The molecule has 3 heterocycles. The summed E-state index contributed by atoms with van der Waals surface area (Å²) in [4.78, 5) is 23.2. The highest BCUT2D eigenvalue weighted by Gasteiger charge is 2.26. The van der Waals surface area contributed by atoms with Gasteiger partial charge in [-0.25, -0.2) is 14.8 Å². The molecule has 1 fully saturated rings. The summed E-state index contributed by atoms with van der Waals surface area (Å²) in [5, 5.41) is 7.38. The van der Waals surface area contributed by atoms with E-state index in [-0.39, 0.29) is 6.03 Å². The van der Waals surface area contributed by atoms with Gasteiger partial charge in [0.15, 0.2) is 0 Å². The van der Waals surface area contributed by atoms with E-state index in [1.165, 1.54) is 0 Å². The maximum absolute atomic E-state index is 12.9. The Hall–Kier alpha value is -3.22. The van der Waals surface area contributed by atoms with Gasteiger partial charge in [0.2, 0.25) is 0 Å². The van der Waals surface area contributed by atoms with Crippen LogP contribution in [-0.2, 0) is 7.05 Å². The zero-order valence-corrected chi connectivity index (χ0v) is 16.2. The third-order valence-corrected chi connectivity index (χ3v) is 5.35. The van der Waals surface area contributed by atoms with Crippen molar-refractivity contribution < 1.29 is 4.79 Å². The molecule has 3 aromatic rings. The number of aromatic nitrogens is 4. The number of hydrogen-bond donors (Lipinski definition) is 1. The minimum Gasteiger partial charge on any atom is -0.324 e. The number of anilines is 1. The lowest BCUT2D eigenvalue weighted by atomic mass is 9.91. The molecule has 0 aliphatic carbocycles. The van der Waals surface area contributed by atoms with Crippen molar-refractivity contribution in [1.82, 2.24) is 24.6 Å². The Morgan fingerprint density at radius 3 is 2.61 bits per heavy atom. The zero-order chi connectivity index (χ0) is 19.5. The molecule has 0 saturated carbocycles. The molecule has 4 rings (SSSR count). The third kappa shape index (κ3) is 3.60. The van der Waals surface area contributed by atoms with Crippen molar-refractivity contribution in [2.45, 2.75) is 25.7 Å². The Morgan fingerprint density at radius 2 is 1.89 bits per heavy atom. The van der Waals surface area contributed by atoms with Gasteiger partial charge in [0.1, 0.15) is 12.1 Å². The normalized spacial score (nSPS) is 14.9. The molecule has 0 unspecified atom stereocenters. The van der Waals surface area contributed by atoms with Crippen LogP contribution >= 0.6 is 0 Å². The topological polar surface area (TPSA) is 75.9 Å². The molecule has 1 saturated heterocycles. The van der Waals surface area contributed by atoms with Gasteiger partial charge in [-0.05, 0) is 30.9 Å². The van der Waals surface area contributed by atoms with Gasteiger partial charge in [0.25, 0.3) is 0 Å². The van der Waals surface area contributed by atoms with Gasteiger partial charge in [-0.1, -0.05) is 30.3 Å². The van der Waals surface area contributed by atoms with E-state index >= 15 is 0 Å². The number of carbonyl (C=O) groups excluding carboxylic acids is 1. The average Bonchev–Trinajstić information content (AvgIpc) is 3.09. The highest BCUT2D eigenvalue weighted by atomic mass is 16.2. The SMILES string of the molecule is Cc1cncnc1C1CCN(C(=O)Nc2c(-c3ccccc3)cnn2C)CC1. The monoisotopic (exact) mass is 376 g/mol. The molecule has 0 spiro atoms. The molecule has 28 heavy (non-hydrogen) atoms. The quantitative estimate of drug-likeness (QED) is 0.758. The van der Waals surface area contributed by atoms with Crippen LogP contribution in [0.3, 0.4) is 0 Å². The maximum Gasteiger partial charge on any atom is 0.323 e. The zero-order valence-electron chi connectivity index (χ0n) is 16.2. The number of carbonyl (C=O) groups is 1. The second-order valence-electron chi connectivity index (χ2n) is 7.18. The van der Waals surface area contributed by atoms with E-state index in [0.29, 0.717) is 24.8 Å². The summed E-state index contributed by atoms with van der Waals surface area (Å²) >= 11 is 0. The number of amides is 2. The first kappa shape index (κ1) is 18.2. The lowest BCUT2D eigenvalue weighted by molar-refractivity contribution is 0.194. The third-order valence-electron chi connectivity index (χ3n) is 5.35. The summed E-state index contributed by atoms with van der Waals surface area (Å²) in [5.41, 5.74) is 4.17. The average molecular weight is 376 g/mol. The predicted octanol–water partition coefficient (Wildman–Crippen LogP) is 3.60. The second kappa shape index (κ2) is 7.80. The van der Waals surface area contributed by atoms with Crippen LogP contribution in [0, 0.1) is 6.92 Å². The number of piperidine rings is 1. The molecule has 1 aliphatic heterocycles. The number of rotatable bonds is 3. The fraction of sp³-hybridized carbons (Fsp3) is 0.333. The lowest BCUT2D eigenvalue weighted by Gasteiger charge is -2.32. The minimum atomic E-state index is -0.0846. The number of nitrogens with zero attached hydrogens (tertiary/aromatic N) is 5. The number of benzene rings is 1. The van der Waals surface area contributed by atoms with E-state index in [0.717, 1.165) is 35.2 Å². The molecule has 144 valence electrons. The first-order chi connectivity index (χ1) is 13.6. The lowest BCUT2D eigenvalue weighted by Crippen LogP contribution is -2.41. The molecule has 7 heteroatoms. The van der Waals surface area contributed by atoms with Crippen LogP contribution in [0.2, 0.25) is 0 Å². The van der Waals surface area contributed by atoms with E-state index in [4.69, 9.17) is 0 Å². The highest BCUT2D eigenvalue weighted by molar-refractivity contribution is 5.93. The van der Waals surface area contributed by atoms with Crippen LogP contribution in [0.4, 0.5) is 10.6 Å². The van der Waals surface area contributed by atoms with Gasteiger partial charge in [-0.3, -0.25) is 10.00 Å². The van der Waals surface area contributed by atoms with Crippen molar-refractivity contribution in [2.75, 3.05) is 18.4 Å². The Bertz CT molecular complexity index is 960. The molecule has 1 aliphatic rings. The van der Waals surface area contributed by atoms with Crippen molar-refractivity contribution in [3.8, 4) is 11.1 Å². The minimum absolute atomic E-state index is 0.0846. The van der Waals surface area contributed by atoms with Gasteiger partial charge < -0.3 is 4.90 Å². The number of aryl methyl sites for hydroxylation is 2. The van der Waals surface area contributed by atoms with Crippen LogP contribution in [0.5, 0.6) is 0 Å². The molecular formula is C21H24N6O. The molecule has 7 nitrogen and oxygen atoms in total. The van der Waals surface area contributed by atoms with Gasteiger partial charge in [-0.2, -0.15) is 5.10 Å². The molecule has 2 aromatic heterocycles. The standard InChI is InChI=1S/C21H24N6O/c1-15-12-22-14-23-19(15)17-8-10-27(11-9-17)21(28)25-20-18(13-24-26(20)2)16-6-4-3-5-7-16/h3-7,12-14,17H,8-11H2,1-2H3,(H,25,28). The molecule has 2 amide bonds. The Morgan fingerprint density at radius 1 is 1.14 bits per heavy atom. The summed E-state index contributed by atoms with van der Waals surface area (Å²) in [6.07, 6.45) is 7.06. The van der Waals surface area contributed by atoms with E-state index in [1.54, 1.807) is 17.2 Å². The fourth-order valence-electron chi connectivity index (χ4n) is 3.79. The summed E-state index contributed by atoms with van der Waals surface area (Å²) < 4.78 is 1.71. The molecule has 0 atom stereocenters. The van der Waals surface area contributed by atoms with E-state index in [9.17, 15) is 4.79 Å². The van der Waals surface area contributed by atoms with Gasteiger partial charge in [0, 0.05) is 43.5 Å². The largest absolute Gasteiger partial charge is 0.324 e. The smallest absolute Gasteiger partial charge is 0.323 e. The predicted molar refractivity (Wildman–Crippen MR) is 108 cm³/mol. The number of likely N-dealkylation sites (tertiary alicyclic amines) is 1. The van der Waals surface area contributed by atoms with Crippen LogP contribution < -0.4 is 5.32 Å². The number of nitrogens with one attached hydrogen (secondary N) is 1. The Kier molecular flexibility index (Phi) is 5.06. The molecule has 1 N–H and O–H groups in total. The first-order valence-electron chi connectivity index (χ1n) is 9.53. The highest BCUT2D eigenvalue weighted by Crippen LogP contribution is 2.30. The van der Waals surface area contributed by atoms with Crippen LogP contribution in [0.25, 0.3) is 11.1 Å². The molecule has 1 aromatic carbocycles. The van der Waals surface area contributed by atoms with Crippen molar-refractivity contribution >= 4 is 11.8 Å². The van der Waals surface area contributed by atoms with Gasteiger partial charge in [0.05, 0.1) is 6.20 Å². The molecular weight excluding hydrogens is 352 g/mol. The summed E-state index contributed by atoms with van der Waals surface area (Å²) in [7, 11) is 1.84. The number of hydrogen-bond acceptors (Lipinski definition) is 4. The molecule has 0 radical (unpaired) electrons. The summed E-state index contributed by atoms with van der Waals surface area (Å²) in [6, 6.07) is 9.88. The maximum atomic E-state index is 12.9. The molecule has 0 bridgehead atoms.